The Bertz CT molecular complexity index is 897. The van der Waals surface area contributed by atoms with Crippen LogP contribution in [0.5, 0.6) is 0 Å². The number of carboxylic acid groups (broad SMARTS) is 1. The molecule has 3 rings (SSSR count). The van der Waals surface area contributed by atoms with Crippen LogP contribution in [0.3, 0.4) is 0 Å². The molecule has 2 aromatic heterocycles. The van der Waals surface area contributed by atoms with Gasteiger partial charge in [0.05, 0.1) is 17.8 Å². The number of carbonyl (C=O) groups excluding carboxylic acids is 1. The summed E-state index contributed by atoms with van der Waals surface area (Å²) in [7, 11) is 0. The summed E-state index contributed by atoms with van der Waals surface area (Å²) in [6.07, 6.45) is 6.52. The first-order valence-corrected chi connectivity index (χ1v) is 8.27. The smallest absolute Gasteiger partial charge is 0.338 e. The lowest BCUT2D eigenvalue weighted by Crippen LogP contribution is -2.33. The molecular weight excluding hydrogens is 332 g/mol. The third-order valence-electron chi connectivity index (χ3n) is 4.28. The van der Waals surface area contributed by atoms with Gasteiger partial charge in [-0.25, -0.2) is 4.79 Å². The van der Waals surface area contributed by atoms with Crippen molar-refractivity contribution in [3.05, 3.63) is 72.3 Å². The van der Waals surface area contributed by atoms with E-state index in [0.29, 0.717) is 0 Å². The fourth-order valence-corrected chi connectivity index (χ4v) is 2.64. The lowest BCUT2D eigenvalue weighted by molar-refractivity contribution is -0.124. The zero-order valence-electron chi connectivity index (χ0n) is 14.5. The molecule has 134 valence electrons. The van der Waals surface area contributed by atoms with Crippen molar-refractivity contribution in [3.8, 4) is 5.69 Å². The molecular formula is C19H20N4O3. The summed E-state index contributed by atoms with van der Waals surface area (Å²) in [5, 5.41) is 15.8. The van der Waals surface area contributed by atoms with E-state index in [4.69, 9.17) is 5.11 Å². The third-order valence-corrected chi connectivity index (χ3v) is 4.28. The average Bonchev–Trinajstić information content (AvgIpc) is 3.33. The van der Waals surface area contributed by atoms with Crippen LogP contribution in [-0.2, 0) is 4.79 Å². The zero-order chi connectivity index (χ0) is 18.7. The number of rotatable bonds is 6. The highest BCUT2D eigenvalue weighted by Gasteiger charge is 2.19. The van der Waals surface area contributed by atoms with Crippen molar-refractivity contribution in [2.24, 2.45) is 0 Å². The van der Waals surface area contributed by atoms with E-state index < -0.39 is 12.0 Å². The van der Waals surface area contributed by atoms with Gasteiger partial charge in [0.2, 0.25) is 5.91 Å². The highest BCUT2D eigenvalue weighted by Crippen LogP contribution is 2.17. The van der Waals surface area contributed by atoms with E-state index in [1.165, 1.54) is 17.1 Å². The summed E-state index contributed by atoms with van der Waals surface area (Å²) >= 11 is 0. The molecule has 0 bridgehead atoms. The maximum Gasteiger partial charge on any atom is 0.338 e. The van der Waals surface area contributed by atoms with Crippen molar-refractivity contribution in [1.82, 2.24) is 19.7 Å². The molecule has 2 unspecified atom stereocenters. The van der Waals surface area contributed by atoms with E-state index in [9.17, 15) is 9.59 Å². The van der Waals surface area contributed by atoms with Crippen molar-refractivity contribution in [2.45, 2.75) is 25.9 Å². The molecule has 0 aliphatic carbocycles. The van der Waals surface area contributed by atoms with Gasteiger partial charge in [-0.15, -0.1) is 0 Å². The molecule has 0 saturated carbocycles. The average molecular weight is 352 g/mol. The van der Waals surface area contributed by atoms with E-state index in [-0.39, 0.29) is 17.5 Å². The summed E-state index contributed by atoms with van der Waals surface area (Å²) in [6, 6.07) is 11.1. The molecule has 3 aromatic rings. The lowest BCUT2D eigenvalue weighted by atomic mass is 10.1. The molecule has 26 heavy (non-hydrogen) atoms. The second-order valence-electron chi connectivity index (χ2n) is 6.10. The molecule has 1 amide bonds. The minimum atomic E-state index is -1.07. The number of aromatic carboxylic acids is 1. The summed E-state index contributed by atoms with van der Waals surface area (Å²) in [5.74, 6) is -1.30. The van der Waals surface area contributed by atoms with Crippen LogP contribution in [0.2, 0.25) is 0 Å². The Kier molecular flexibility index (Phi) is 4.88. The maximum absolute atomic E-state index is 12.4. The minimum Gasteiger partial charge on any atom is -0.478 e. The van der Waals surface area contributed by atoms with Gasteiger partial charge < -0.3 is 15.0 Å². The van der Waals surface area contributed by atoms with Crippen LogP contribution in [0.15, 0.2) is 61.2 Å². The highest BCUT2D eigenvalue weighted by atomic mass is 16.4. The van der Waals surface area contributed by atoms with Crippen LogP contribution in [0.25, 0.3) is 5.69 Å². The molecule has 2 N–H and O–H groups in total. The second kappa shape index (κ2) is 7.26. The van der Waals surface area contributed by atoms with Crippen LogP contribution >= 0.6 is 0 Å². The molecule has 0 spiro atoms. The van der Waals surface area contributed by atoms with Crippen LogP contribution in [0.4, 0.5) is 0 Å². The monoisotopic (exact) mass is 352 g/mol. The van der Waals surface area contributed by atoms with Gasteiger partial charge in [-0.05, 0) is 43.7 Å². The van der Waals surface area contributed by atoms with Crippen molar-refractivity contribution in [3.63, 3.8) is 0 Å². The number of carboxylic acids is 1. The molecule has 7 heteroatoms. The van der Waals surface area contributed by atoms with Crippen LogP contribution < -0.4 is 5.32 Å². The molecule has 7 nitrogen and oxygen atoms in total. The Morgan fingerprint density at radius 3 is 2.35 bits per heavy atom. The Labute approximate surface area is 150 Å². The van der Waals surface area contributed by atoms with E-state index in [2.05, 4.69) is 10.4 Å². The summed E-state index contributed by atoms with van der Waals surface area (Å²) in [5.41, 5.74) is 2.08. The Morgan fingerprint density at radius 1 is 1.12 bits per heavy atom. The van der Waals surface area contributed by atoms with Gasteiger partial charge in [-0.1, -0.05) is 12.1 Å². The molecule has 2 heterocycles. The largest absolute Gasteiger partial charge is 0.478 e. The van der Waals surface area contributed by atoms with Crippen molar-refractivity contribution in [1.29, 1.82) is 0 Å². The van der Waals surface area contributed by atoms with Gasteiger partial charge >= 0.3 is 5.97 Å². The molecule has 2 atom stereocenters. The number of aromatic nitrogens is 3. The van der Waals surface area contributed by atoms with Crippen LogP contribution in [-0.4, -0.2) is 31.3 Å². The standard InChI is InChI=1S/C19H20N4O3/c1-13(15-5-7-17(8-6-15)22-9-3-4-10-22)21-18(24)14(2)23-12-16(11-20-23)19(25)26/h3-14H,1-2H3,(H,21,24)(H,25,26). The fraction of sp³-hybridized carbons (Fsp3) is 0.211. The molecule has 0 aliphatic heterocycles. The Morgan fingerprint density at radius 2 is 1.77 bits per heavy atom. The number of hydrogen-bond donors (Lipinski definition) is 2. The Balaban J connectivity index is 1.65. The normalized spacial score (nSPS) is 13.2. The predicted molar refractivity (Wildman–Crippen MR) is 96.2 cm³/mol. The van der Waals surface area contributed by atoms with Gasteiger partial charge in [0.1, 0.15) is 6.04 Å². The summed E-state index contributed by atoms with van der Waals surface area (Å²) < 4.78 is 3.35. The SMILES string of the molecule is CC(NC(=O)C(C)n1cc(C(=O)O)cn1)c1ccc(-n2cccc2)cc1. The summed E-state index contributed by atoms with van der Waals surface area (Å²) in [4.78, 5) is 23.4. The van der Waals surface area contributed by atoms with Crippen molar-refractivity contribution >= 4 is 11.9 Å². The quantitative estimate of drug-likeness (QED) is 0.714. The topological polar surface area (TPSA) is 89.2 Å². The molecule has 1 aromatic carbocycles. The summed E-state index contributed by atoms with van der Waals surface area (Å²) in [6.45, 7) is 3.58. The minimum absolute atomic E-state index is 0.0540. The molecule has 0 radical (unpaired) electrons. The van der Waals surface area contributed by atoms with Crippen molar-refractivity contribution < 1.29 is 14.7 Å². The number of nitrogens with zero attached hydrogens (tertiary/aromatic N) is 3. The Hall–Kier alpha value is -3.35. The van der Waals surface area contributed by atoms with Crippen LogP contribution in [0.1, 0.15) is 41.9 Å². The zero-order valence-corrected chi connectivity index (χ0v) is 14.5. The first-order valence-electron chi connectivity index (χ1n) is 8.27. The van der Waals surface area contributed by atoms with Gasteiger partial charge in [0.15, 0.2) is 0 Å². The molecule has 0 aliphatic rings. The van der Waals surface area contributed by atoms with Crippen molar-refractivity contribution in [2.75, 3.05) is 0 Å². The number of amides is 1. The van der Waals surface area contributed by atoms with E-state index >= 15 is 0 Å². The number of nitrogens with one attached hydrogen (secondary N) is 1. The number of benzene rings is 1. The van der Waals surface area contributed by atoms with Gasteiger partial charge in [0, 0.05) is 24.3 Å². The maximum atomic E-state index is 12.4. The van der Waals surface area contributed by atoms with Crippen LogP contribution in [0, 0.1) is 0 Å². The fourth-order valence-electron chi connectivity index (χ4n) is 2.64. The first-order chi connectivity index (χ1) is 12.5. The van der Waals surface area contributed by atoms with E-state index in [0.717, 1.165) is 11.3 Å². The van der Waals surface area contributed by atoms with Gasteiger partial charge in [0.25, 0.3) is 0 Å². The molecule has 0 fully saturated rings. The molecule has 0 saturated heterocycles. The third kappa shape index (κ3) is 3.66. The van der Waals surface area contributed by atoms with Gasteiger partial charge in [-0.3, -0.25) is 9.48 Å². The first kappa shape index (κ1) is 17.5. The number of carbonyl (C=O) groups is 2. The highest BCUT2D eigenvalue weighted by molar-refractivity contribution is 5.87. The number of hydrogen-bond acceptors (Lipinski definition) is 3. The van der Waals surface area contributed by atoms with Gasteiger partial charge in [-0.2, -0.15) is 5.10 Å². The predicted octanol–water partition coefficient (Wildman–Crippen LogP) is 2.81. The lowest BCUT2D eigenvalue weighted by Gasteiger charge is -2.18. The van der Waals surface area contributed by atoms with E-state index in [1.54, 1.807) is 6.92 Å². The second-order valence-corrected chi connectivity index (χ2v) is 6.10. The van der Waals surface area contributed by atoms with E-state index in [1.807, 2.05) is 60.3 Å².